The lowest BCUT2D eigenvalue weighted by molar-refractivity contribution is -0.136. The molecule has 1 saturated heterocycles. The summed E-state index contributed by atoms with van der Waals surface area (Å²) in [5.74, 6) is 0.116. The van der Waals surface area contributed by atoms with Crippen LogP contribution in [0, 0.1) is 25.6 Å². The van der Waals surface area contributed by atoms with Crippen LogP contribution in [0.1, 0.15) is 36.7 Å². The van der Waals surface area contributed by atoms with Crippen LogP contribution in [0.2, 0.25) is 0 Å². The lowest BCUT2D eigenvalue weighted by atomic mass is 9.95. The van der Waals surface area contributed by atoms with E-state index < -0.39 is 5.82 Å². The average Bonchev–Trinajstić information content (AvgIpc) is 3.31. The van der Waals surface area contributed by atoms with Crippen LogP contribution in [-0.4, -0.2) is 60.0 Å². The van der Waals surface area contributed by atoms with Gasteiger partial charge in [0.15, 0.2) is 5.82 Å². The number of rotatable bonds is 6. The first kappa shape index (κ1) is 22.9. The van der Waals surface area contributed by atoms with Gasteiger partial charge in [-0.2, -0.15) is 10.2 Å². The van der Waals surface area contributed by atoms with E-state index in [4.69, 9.17) is 0 Å². The number of halogens is 1. The molecule has 1 amide bonds. The second-order valence-corrected chi connectivity index (χ2v) is 8.68. The highest BCUT2D eigenvalue weighted by Gasteiger charge is 2.30. The van der Waals surface area contributed by atoms with Crippen molar-refractivity contribution in [2.24, 2.45) is 20.0 Å². The Hall–Kier alpha value is -3.30. The van der Waals surface area contributed by atoms with Gasteiger partial charge in [-0.3, -0.25) is 14.2 Å². The molecular weight excluding hydrogens is 423 g/mol. The number of hydrogen-bond donors (Lipinski definition) is 0. The molecule has 1 aliphatic rings. The Morgan fingerprint density at radius 3 is 2.48 bits per heavy atom. The molecule has 0 radical (unpaired) electrons. The maximum Gasteiger partial charge on any atom is 0.226 e. The lowest BCUT2D eigenvalue weighted by Gasteiger charge is -2.34. The second-order valence-electron chi connectivity index (χ2n) is 8.68. The Morgan fingerprint density at radius 1 is 1.18 bits per heavy atom. The molecule has 0 spiro atoms. The third kappa shape index (κ3) is 4.60. The SMILES string of the molecule is CCN(Cc1cc(C)n(C)n1)C(=O)C1CCN(c2ncc(F)c(-c3c(C)cnn3C)n2)CC1. The monoisotopic (exact) mass is 454 g/mol. The van der Waals surface area contributed by atoms with E-state index in [1.165, 1.54) is 6.20 Å². The predicted molar refractivity (Wildman–Crippen MR) is 123 cm³/mol. The first-order valence-corrected chi connectivity index (χ1v) is 11.3. The van der Waals surface area contributed by atoms with Gasteiger partial charge in [0.05, 0.1) is 30.3 Å². The van der Waals surface area contributed by atoms with Gasteiger partial charge < -0.3 is 9.80 Å². The van der Waals surface area contributed by atoms with Crippen LogP contribution in [0.5, 0.6) is 0 Å². The van der Waals surface area contributed by atoms with Crippen LogP contribution in [0.4, 0.5) is 10.3 Å². The van der Waals surface area contributed by atoms with E-state index in [1.54, 1.807) is 17.9 Å². The van der Waals surface area contributed by atoms with Gasteiger partial charge in [-0.25, -0.2) is 14.4 Å². The Morgan fingerprint density at radius 2 is 1.91 bits per heavy atom. The van der Waals surface area contributed by atoms with E-state index in [0.29, 0.717) is 50.7 Å². The summed E-state index contributed by atoms with van der Waals surface area (Å²) in [6.45, 7) is 8.33. The molecule has 176 valence electrons. The molecule has 1 aliphatic heterocycles. The van der Waals surface area contributed by atoms with Gasteiger partial charge in [0.2, 0.25) is 11.9 Å². The van der Waals surface area contributed by atoms with E-state index >= 15 is 0 Å². The van der Waals surface area contributed by atoms with Gasteiger partial charge in [-0.05, 0) is 45.2 Å². The van der Waals surface area contributed by atoms with Gasteiger partial charge in [0.25, 0.3) is 0 Å². The summed E-state index contributed by atoms with van der Waals surface area (Å²) < 4.78 is 18.0. The second kappa shape index (κ2) is 9.29. The fourth-order valence-electron chi connectivity index (χ4n) is 4.40. The van der Waals surface area contributed by atoms with Crippen LogP contribution >= 0.6 is 0 Å². The number of carbonyl (C=O) groups excluding carboxylic acids is 1. The van der Waals surface area contributed by atoms with Crippen molar-refractivity contribution in [2.75, 3.05) is 24.5 Å². The zero-order chi connectivity index (χ0) is 23.7. The quantitative estimate of drug-likeness (QED) is 0.569. The van der Waals surface area contributed by atoms with E-state index in [2.05, 4.69) is 20.2 Å². The van der Waals surface area contributed by atoms with Gasteiger partial charge in [0.1, 0.15) is 5.69 Å². The van der Waals surface area contributed by atoms with E-state index in [1.807, 2.05) is 48.4 Å². The molecule has 3 aromatic rings. The highest BCUT2D eigenvalue weighted by atomic mass is 19.1. The Balaban J connectivity index is 1.43. The Kier molecular flexibility index (Phi) is 6.44. The number of anilines is 1. The van der Waals surface area contributed by atoms with Crippen molar-refractivity contribution in [3.05, 3.63) is 41.2 Å². The van der Waals surface area contributed by atoms with Crippen LogP contribution in [0.25, 0.3) is 11.4 Å². The summed E-state index contributed by atoms with van der Waals surface area (Å²) >= 11 is 0. The molecule has 0 N–H and O–H groups in total. The third-order valence-corrected chi connectivity index (χ3v) is 6.42. The number of carbonyl (C=O) groups is 1. The summed E-state index contributed by atoms with van der Waals surface area (Å²) in [4.78, 5) is 25.8. The zero-order valence-electron chi connectivity index (χ0n) is 19.9. The van der Waals surface area contributed by atoms with Crippen LogP contribution < -0.4 is 4.90 Å². The maximum absolute atomic E-state index is 14.5. The summed E-state index contributed by atoms with van der Waals surface area (Å²) in [5, 5.41) is 8.68. The third-order valence-electron chi connectivity index (χ3n) is 6.42. The van der Waals surface area contributed by atoms with Gasteiger partial charge >= 0.3 is 0 Å². The molecule has 1 fully saturated rings. The molecule has 0 bridgehead atoms. The number of amides is 1. The molecule has 0 aliphatic carbocycles. The van der Waals surface area contributed by atoms with Crippen molar-refractivity contribution >= 4 is 11.9 Å². The number of aryl methyl sites for hydroxylation is 4. The molecule has 0 aromatic carbocycles. The lowest BCUT2D eigenvalue weighted by Crippen LogP contribution is -2.43. The summed E-state index contributed by atoms with van der Waals surface area (Å²) in [7, 11) is 3.68. The average molecular weight is 455 g/mol. The van der Waals surface area contributed by atoms with Crippen molar-refractivity contribution in [1.82, 2.24) is 34.4 Å². The maximum atomic E-state index is 14.5. The number of nitrogens with zero attached hydrogens (tertiary/aromatic N) is 8. The van der Waals surface area contributed by atoms with E-state index in [9.17, 15) is 9.18 Å². The normalized spacial score (nSPS) is 14.7. The van der Waals surface area contributed by atoms with E-state index in [0.717, 1.165) is 17.0 Å². The number of aromatic nitrogens is 6. The molecular formula is C23H31FN8O. The predicted octanol–water partition coefficient (Wildman–Crippen LogP) is 2.63. The first-order valence-electron chi connectivity index (χ1n) is 11.3. The standard InChI is InChI=1S/C23H31FN8O/c1-6-31(14-18-11-16(3)29(4)28-18)22(33)17-7-9-32(10-8-17)23-25-13-19(24)20(27-23)21-15(2)12-26-30(21)5/h11-13,17H,6-10,14H2,1-5H3. The van der Waals surface area contributed by atoms with Crippen molar-refractivity contribution in [3.63, 3.8) is 0 Å². The van der Waals surface area contributed by atoms with Crippen molar-refractivity contribution in [2.45, 2.75) is 40.2 Å². The summed E-state index contributed by atoms with van der Waals surface area (Å²) in [6, 6.07) is 2.02. The fraction of sp³-hybridized carbons (Fsp3) is 0.522. The number of hydrogen-bond acceptors (Lipinski definition) is 6. The number of piperidine rings is 1. The minimum atomic E-state index is -0.473. The Bertz CT molecular complexity index is 1110. The fourth-order valence-corrected chi connectivity index (χ4v) is 4.40. The van der Waals surface area contributed by atoms with E-state index in [-0.39, 0.29) is 17.5 Å². The first-order chi connectivity index (χ1) is 15.8. The van der Waals surface area contributed by atoms with Crippen LogP contribution in [-0.2, 0) is 25.4 Å². The molecule has 10 heteroatoms. The molecule has 9 nitrogen and oxygen atoms in total. The van der Waals surface area contributed by atoms with Crippen LogP contribution in [0.3, 0.4) is 0 Å². The van der Waals surface area contributed by atoms with Crippen molar-refractivity contribution < 1.29 is 9.18 Å². The highest BCUT2D eigenvalue weighted by molar-refractivity contribution is 5.79. The molecule has 0 unspecified atom stereocenters. The Labute approximate surface area is 193 Å². The molecule has 33 heavy (non-hydrogen) atoms. The minimum Gasteiger partial charge on any atom is -0.341 e. The smallest absolute Gasteiger partial charge is 0.226 e. The van der Waals surface area contributed by atoms with Crippen LogP contribution in [0.15, 0.2) is 18.5 Å². The van der Waals surface area contributed by atoms with Gasteiger partial charge in [0, 0.05) is 45.3 Å². The molecule has 0 atom stereocenters. The molecule has 4 rings (SSSR count). The minimum absolute atomic E-state index is 0.0507. The van der Waals surface area contributed by atoms with Crippen molar-refractivity contribution in [1.29, 1.82) is 0 Å². The zero-order valence-corrected chi connectivity index (χ0v) is 19.9. The van der Waals surface area contributed by atoms with Gasteiger partial charge in [-0.1, -0.05) is 0 Å². The largest absolute Gasteiger partial charge is 0.341 e. The topological polar surface area (TPSA) is 85.0 Å². The summed E-state index contributed by atoms with van der Waals surface area (Å²) in [6.07, 6.45) is 4.32. The highest BCUT2D eigenvalue weighted by Crippen LogP contribution is 2.27. The molecule has 4 heterocycles. The molecule has 3 aromatic heterocycles. The van der Waals surface area contributed by atoms with Gasteiger partial charge in [-0.15, -0.1) is 0 Å². The molecule has 0 saturated carbocycles. The van der Waals surface area contributed by atoms with Crippen molar-refractivity contribution in [3.8, 4) is 11.4 Å². The summed E-state index contributed by atoms with van der Waals surface area (Å²) in [5.41, 5.74) is 3.72.